The molecule has 0 aliphatic carbocycles. The molecule has 120 valence electrons. The molecule has 0 aliphatic heterocycles. The highest BCUT2D eigenvalue weighted by molar-refractivity contribution is 5.93. The van der Waals surface area contributed by atoms with Crippen LogP contribution in [0.15, 0.2) is 18.2 Å². The van der Waals surface area contributed by atoms with Crippen LogP contribution in [0.3, 0.4) is 0 Å². The second-order valence-corrected chi connectivity index (χ2v) is 4.74. The van der Waals surface area contributed by atoms with Crippen molar-refractivity contribution in [1.82, 2.24) is 0 Å². The van der Waals surface area contributed by atoms with Crippen LogP contribution in [-0.4, -0.2) is 40.2 Å². The fraction of sp³-hybridized carbons (Fsp3) is 0.375. The van der Waals surface area contributed by atoms with Crippen molar-refractivity contribution in [2.75, 3.05) is 35.0 Å². The lowest BCUT2D eigenvalue weighted by molar-refractivity contribution is 0.264. The molecule has 2 rings (SSSR count). The van der Waals surface area contributed by atoms with Crippen molar-refractivity contribution in [2.24, 2.45) is 5.73 Å². The summed E-state index contributed by atoms with van der Waals surface area (Å²) in [6.07, 6.45) is 0. The fourth-order valence-electron chi connectivity index (χ4n) is 2.53. The lowest BCUT2D eigenvalue weighted by atomic mass is 9.97. The summed E-state index contributed by atoms with van der Waals surface area (Å²) in [5, 5.41) is 11.2. The van der Waals surface area contributed by atoms with E-state index in [1.807, 2.05) is 18.2 Å². The van der Waals surface area contributed by atoms with Gasteiger partial charge < -0.3 is 29.8 Å². The molecule has 0 saturated heterocycles. The van der Waals surface area contributed by atoms with Gasteiger partial charge in [-0.15, -0.1) is 0 Å². The monoisotopic (exact) mass is 307 g/mol. The molecule has 0 radical (unpaired) electrons. The molecule has 0 bridgehead atoms. The average molecular weight is 307 g/mol. The third kappa shape index (κ3) is 2.63. The van der Waals surface area contributed by atoms with Crippen LogP contribution in [0, 0.1) is 0 Å². The molecule has 0 heterocycles. The van der Waals surface area contributed by atoms with E-state index in [9.17, 15) is 5.11 Å². The smallest absolute Gasteiger partial charge is 0.166 e. The van der Waals surface area contributed by atoms with Crippen LogP contribution < -0.4 is 24.7 Å². The first kappa shape index (κ1) is 16.2. The molecule has 6 heteroatoms. The fourth-order valence-corrected chi connectivity index (χ4v) is 2.53. The Labute approximate surface area is 129 Å². The summed E-state index contributed by atoms with van der Waals surface area (Å²) >= 11 is 0. The Hall–Kier alpha value is -2.18. The van der Waals surface area contributed by atoms with Crippen molar-refractivity contribution in [2.45, 2.75) is 6.04 Å². The largest absolute Gasteiger partial charge is 0.493 e. The van der Waals surface area contributed by atoms with E-state index >= 15 is 0 Å². The zero-order valence-electron chi connectivity index (χ0n) is 13.2. The van der Waals surface area contributed by atoms with Gasteiger partial charge in [-0.25, -0.2) is 0 Å². The third-order valence-electron chi connectivity index (χ3n) is 3.59. The summed E-state index contributed by atoms with van der Waals surface area (Å²) in [4.78, 5) is 0. The Kier molecular flexibility index (Phi) is 4.95. The van der Waals surface area contributed by atoms with Crippen molar-refractivity contribution in [3.8, 4) is 23.0 Å². The highest BCUT2D eigenvalue weighted by atomic mass is 16.5. The second kappa shape index (κ2) is 6.72. The first-order valence-electron chi connectivity index (χ1n) is 6.78. The van der Waals surface area contributed by atoms with Crippen LogP contribution in [-0.2, 0) is 0 Å². The molecule has 2 aromatic rings. The molecule has 6 nitrogen and oxygen atoms in total. The van der Waals surface area contributed by atoms with Gasteiger partial charge in [0.25, 0.3) is 0 Å². The zero-order chi connectivity index (χ0) is 16.3. The van der Waals surface area contributed by atoms with Gasteiger partial charge in [0.15, 0.2) is 23.0 Å². The van der Waals surface area contributed by atoms with Crippen molar-refractivity contribution in [3.63, 3.8) is 0 Å². The number of aliphatic hydroxyl groups is 1. The van der Waals surface area contributed by atoms with E-state index in [0.29, 0.717) is 28.6 Å². The molecule has 1 atom stereocenters. The minimum atomic E-state index is -0.606. The normalized spacial score (nSPS) is 12.1. The summed E-state index contributed by atoms with van der Waals surface area (Å²) in [7, 11) is 6.23. The van der Waals surface area contributed by atoms with E-state index in [0.717, 1.165) is 10.8 Å². The van der Waals surface area contributed by atoms with Gasteiger partial charge in [-0.1, -0.05) is 0 Å². The predicted molar refractivity (Wildman–Crippen MR) is 84.2 cm³/mol. The van der Waals surface area contributed by atoms with E-state index in [-0.39, 0.29) is 6.61 Å². The number of rotatable bonds is 6. The summed E-state index contributed by atoms with van der Waals surface area (Å²) in [5.41, 5.74) is 6.73. The van der Waals surface area contributed by atoms with Crippen LogP contribution in [0.25, 0.3) is 10.8 Å². The second-order valence-electron chi connectivity index (χ2n) is 4.74. The van der Waals surface area contributed by atoms with Gasteiger partial charge in [0, 0.05) is 5.56 Å². The van der Waals surface area contributed by atoms with Crippen molar-refractivity contribution in [1.29, 1.82) is 0 Å². The number of benzene rings is 2. The van der Waals surface area contributed by atoms with Gasteiger partial charge in [-0.05, 0) is 29.0 Å². The lowest BCUT2D eigenvalue weighted by Crippen LogP contribution is -2.16. The van der Waals surface area contributed by atoms with Crippen LogP contribution in [0.1, 0.15) is 11.6 Å². The van der Waals surface area contributed by atoms with Crippen LogP contribution in [0.2, 0.25) is 0 Å². The Balaban J connectivity index is 2.88. The standard InChI is InChI=1S/C16H21NO5/c1-19-12-5-9-6-14(21-3)16(22-4)15(11(17)8-18)10(9)7-13(12)20-2/h5-7,11,18H,8,17H2,1-4H3/t11-/m0/s1. The number of aliphatic hydroxyl groups excluding tert-OH is 1. The Morgan fingerprint density at radius 2 is 1.45 bits per heavy atom. The highest BCUT2D eigenvalue weighted by Gasteiger charge is 2.21. The molecule has 0 fully saturated rings. The van der Waals surface area contributed by atoms with E-state index in [1.165, 1.54) is 7.11 Å². The molecule has 0 aliphatic rings. The Morgan fingerprint density at radius 3 is 1.95 bits per heavy atom. The van der Waals surface area contributed by atoms with Gasteiger partial charge in [-0.3, -0.25) is 0 Å². The van der Waals surface area contributed by atoms with Crippen molar-refractivity contribution in [3.05, 3.63) is 23.8 Å². The topological polar surface area (TPSA) is 83.2 Å². The van der Waals surface area contributed by atoms with Crippen LogP contribution >= 0.6 is 0 Å². The minimum absolute atomic E-state index is 0.215. The maximum atomic E-state index is 9.48. The summed E-state index contributed by atoms with van der Waals surface area (Å²) in [6, 6.07) is 4.89. The molecular weight excluding hydrogens is 286 g/mol. The maximum Gasteiger partial charge on any atom is 0.166 e. The van der Waals surface area contributed by atoms with Crippen molar-refractivity contribution >= 4 is 10.8 Å². The van der Waals surface area contributed by atoms with Crippen LogP contribution in [0.4, 0.5) is 0 Å². The summed E-state index contributed by atoms with van der Waals surface area (Å²) < 4.78 is 21.5. The number of ether oxygens (including phenoxy) is 4. The molecule has 0 saturated carbocycles. The molecule has 0 aromatic heterocycles. The van der Waals surface area contributed by atoms with Gasteiger partial charge in [0.2, 0.25) is 0 Å². The molecule has 2 aromatic carbocycles. The molecule has 0 unspecified atom stereocenters. The van der Waals surface area contributed by atoms with E-state index in [4.69, 9.17) is 24.7 Å². The van der Waals surface area contributed by atoms with Gasteiger partial charge in [-0.2, -0.15) is 0 Å². The predicted octanol–water partition coefficient (Wildman–Crippen LogP) is 1.87. The highest BCUT2D eigenvalue weighted by Crippen LogP contribution is 2.43. The molecule has 0 spiro atoms. The number of fused-ring (bicyclic) bond motifs is 1. The number of nitrogens with two attached hydrogens (primary N) is 1. The first-order chi connectivity index (χ1) is 10.6. The van der Waals surface area contributed by atoms with Gasteiger partial charge in [0.1, 0.15) is 0 Å². The lowest BCUT2D eigenvalue weighted by Gasteiger charge is -2.20. The summed E-state index contributed by atoms with van der Waals surface area (Å²) in [6.45, 7) is -0.215. The van der Waals surface area contributed by atoms with E-state index in [1.54, 1.807) is 21.3 Å². The van der Waals surface area contributed by atoms with Gasteiger partial charge >= 0.3 is 0 Å². The number of hydrogen-bond donors (Lipinski definition) is 2. The number of methoxy groups -OCH3 is 4. The Bertz CT molecular complexity index is 666. The first-order valence-corrected chi connectivity index (χ1v) is 6.78. The quantitative estimate of drug-likeness (QED) is 0.847. The molecule has 3 N–H and O–H groups in total. The van der Waals surface area contributed by atoms with Gasteiger partial charge in [0.05, 0.1) is 41.1 Å². The molecular formula is C16H21NO5. The molecule has 0 amide bonds. The third-order valence-corrected chi connectivity index (χ3v) is 3.59. The minimum Gasteiger partial charge on any atom is -0.493 e. The molecule has 22 heavy (non-hydrogen) atoms. The van der Waals surface area contributed by atoms with E-state index < -0.39 is 6.04 Å². The van der Waals surface area contributed by atoms with E-state index in [2.05, 4.69) is 0 Å². The van der Waals surface area contributed by atoms with Crippen LogP contribution in [0.5, 0.6) is 23.0 Å². The average Bonchev–Trinajstić information content (AvgIpc) is 2.57. The Morgan fingerprint density at radius 1 is 0.909 bits per heavy atom. The zero-order valence-corrected chi connectivity index (χ0v) is 13.2. The van der Waals surface area contributed by atoms with Crippen molar-refractivity contribution < 1.29 is 24.1 Å². The SMILES string of the molecule is COc1cc2cc(OC)c(OC)c([C@@H](N)CO)c2cc1OC. The maximum absolute atomic E-state index is 9.48. The summed E-state index contributed by atoms with van der Waals surface area (Å²) in [5.74, 6) is 2.23. The number of hydrogen-bond acceptors (Lipinski definition) is 6.